The van der Waals surface area contributed by atoms with Crippen LogP contribution in [0.4, 0.5) is 5.69 Å². The molecule has 0 amide bonds. The van der Waals surface area contributed by atoms with Gasteiger partial charge in [0, 0.05) is 12.2 Å². The first-order valence-corrected chi connectivity index (χ1v) is 8.67. The van der Waals surface area contributed by atoms with Crippen LogP contribution in [0.25, 0.3) is 6.08 Å². The predicted octanol–water partition coefficient (Wildman–Crippen LogP) is 4.86. The molecule has 0 aliphatic carbocycles. The van der Waals surface area contributed by atoms with E-state index in [1.807, 2.05) is 30.3 Å². The summed E-state index contributed by atoms with van der Waals surface area (Å²) in [4.78, 5) is 0. The standard InChI is InChI=1S/C23H24N2/c24-22-14-11-20(12-15-22)13-16-23(21-9-5-2-6-10-21)25-18-17-19-7-3-1-4-8-19/h1-16,23,25H,17-18,24H2/b16-13-. The molecule has 2 nitrogen and oxygen atoms in total. The van der Waals surface area contributed by atoms with Crippen LogP contribution < -0.4 is 11.1 Å². The van der Waals surface area contributed by atoms with E-state index < -0.39 is 0 Å². The lowest BCUT2D eigenvalue weighted by Crippen LogP contribution is -2.22. The van der Waals surface area contributed by atoms with E-state index in [-0.39, 0.29) is 6.04 Å². The SMILES string of the molecule is Nc1ccc(/C=C\C(NCCc2ccccc2)c2ccccc2)cc1. The predicted molar refractivity (Wildman–Crippen MR) is 107 cm³/mol. The number of hydrogen-bond acceptors (Lipinski definition) is 2. The van der Waals surface area contributed by atoms with E-state index in [0.717, 1.165) is 24.2 Å². The molecule has 3 aromatic rings. The molecule has 3 N–H and O–H groups in total. The lowest BCUT2D eigenvalue weighted by atomic mass is 10.0. The summed E-state index contributed by atoms with van der Waals surface area (Å²) < 4.78 is 0. The molecule has 0 saturated heterocycles. The van der Waals surface area contributed by atoms with Gasteiger partial charge in [0.05, 0.1) is 6.04 Å². The van der Waals surface area contributed by atoms with Gasteiger partial charge >= 0.3 is 0 Å². The van der Waals surface area contributed by atoms with Crippen LogP contribution in [0.1, 0.15) is 22.7 Å². The number of nitrogen functional groups attached to an aromatic ring is 1. The minimum atomic E-state index is 0.183. The average Bonchev–Trinajstić information content (AvgIpc) is 2.67. The van der Waals surface area contributed by atoms with Gasteiger partial charge in [-0.15, -0.1) is 0 Å². The van der Waals surface area contributed by atoms with Crippen molar-refractivity contribution in [3.8, 4) is 0 Å². The quantitative estimate of drug-likeness (QED) is 0.608. The van der Waals surface area contributed by atoms with Gasteiger partial charge in [-0.05, 0) is 35.2 Å². The molecule has 0 aliphatic rings. The van der Waals surface area contributed by atoms with Gasteiger partial charge in [0.1, 0.15) is 0 Å². The highest BCUT2D eigenvalue weighted by Gasteiger charge is 2.06. The van der Waals surface area contributed by atoms with Crippen molar-refractivity contribution in [1.29, 1.82) is 0 Å². The second kappa shape index (κ2) is 8.86. The van der Waals surface area contributed by atoms with Crippen LogP contribution in [0.5, 0.6) is 0 Å². The van der Waals surface area contributed by atoms with Crippen molar-refractivity contribution >= 4 is 11.8 Å². The first kappa shape index (κ1) is 17.0. The molecular weight excluding hydrogens is 304 g/mol. The maximum Gasteiger partial charge on any atom is 0.0509 e. The van der Waals surface area contributed by atoms with Crippen LogP contribution >= 0.6 is 0 Å². The number of anilines is 1. The Bertz CT molecular complexity index is 777. The summed E-state index contributed by atoms with van der Waals surface area (Å²) >= 11 is 0. The van der Waals surface area contributed by atoms with Gasteiger partial charge < -0.3 is 11.1 Å². The number of hydrogen-bond donors (Lipinski definition) is 2. The summed E-state index contributed by atoms with van der Waals surface area (Å²) in [6.45, 7) is 0.926. The van der Waals surface area contributed by atoms with E-state index in [1.165, 1.54) is 11.1 Å². The van der Waals surface area contributed by atoms with Crippen LogP contribution in [-0.4, -0.2) is 6.54 Å². The zero-order valence-corrected chi connectivity index (χ0v) is 14.3. The molecule has 0 spiro atoms. The molecule has 0 bridgehead atoms. The third-order valence-corrected chi connectivity index (χ3v) is 4.20. The molecule has 3 aromatic carbocycles. The summed E-state index contributed by atoms with van der Waals surface area (Å²) in [6.07, 6.45) is 5.37. The first-order chi connectivity index (χ1) is 12.3. The molecule has 1 atom stereocenters. The highest BCUT2D eigenvalue weighted by molar-refractivity contribution is 5.54. The molecule has 25 heavy (non-hydrogen) atoms. The van der Waals surface area contributed by atoms with Gasteiger partial charge in [0.15, 0.2) is 0 Å². The van der Waals surface area contributed by atoms with Crippen molar-refractivity contribution in [2.75, 3.05) is 12.3 Å². The van der Waals surface area contributed by atoms with Crippen molar-refractivity contribution in [3.05, 3.63) is 108 Å². The Morgan fingerprint density at radius 3 is 2.12 bits per heavy atom. The van der Waals surface area contributed by atoms with Gasteiger partial charge in [0.2, 0.25) is 0 Å². The van der Waals surface area contributed by atoms with Gasteiger partial charge in [-0.25, -0.2) is 0 Å². The molecule has 2 heteroatoms. The third kappa shape index (κ3) is 5.33. The maximum atomic E-state index is 5.76. The van der Waals surface area contributed by atoms with Gasteiger partial charge in [-0.3, -0.25) is 0 Å². The highest BCUT2D eigenvalue weighted by atomic mass is 14.9. The molecule has 0 aliphatic heterocycles. The molecule has 3 rings (SSSR count). The summed E-state index contributed by atoms with van der Waals surface area (Å²) in [7, 11) is 0. The number of rotatable bonds is 7. The fourth-order valence-electron chi connectivity index (χ4n) is 2.79. The fourth-order valence-corrected chi connectivity index (χ4v) is 2.79. The monoisotopic (exact) mass is 328 g/mol. The van der Waals surface area contributed by atoms with Crippen molar-refractivity contribution in [2.45, 2.75) is 12.5 Å². The van der Waals surface area contributed by atoms with Gasteiger partial charge in [-0.2, -0.15) is 0 Å². The second-order valence-electron chi connectivity index (χ2n) is 6.10. The minimum Gasteiger partial charge on any atom is -0.399 e. The smallest absolute Gasteiger partial charge is 0.0509 e. The summed E-state index contributed by atoms with van der Waals surface area (Å²) in [5, 5.41) is 3.65. The Hall–Kier alpha value is -2.84. The largest absolute Gasteiger partial charge is 0.399 e. The van der Waals surface area contributed by atoms with Gasteiger partial charge in [-0.1, -0.05) is 84.9 Å². The van der Waals surface area contributed by atoms with Crippen molar-refractivity contribution in [1.82, 2.24) is 5.32 Å². The zero-order chi connectivity index (χ0) is 17.3. The molecule has 0 heterocycles. The molecule has 1 unspecified atom stereocenters. The van der Waals surface area contributed by atoms with E-state index in [9.17, 15) is 0 Å². The number of nitrogens with one attached hydrogen (secondary N) is 1. The van der Waals surface area contributed by atoms with E-state index >= 15 is 0 Å². The zero-order valence-electron chi connectivity index (χ0n) is 14.3. The Kier molecular flexibility index (Phi) is 6.02. The van der Waals surface area contributed by atoms with E-state index in [2.05, 4.69) is 72.1 Å². The van der Waals surface area contributed by atoms with Crippen LogP contribution in [0.2, 0.25) is 0 Å². The third-order valence-electron chi connectivity index (χ3n) is 4.20. The minimum absolute atomic E-state index is 0.183. The Balaban J connectivity index is 1.68. The van der Waals surface area contributed by atoms with E-state index in [0.29, 0.717) is 0 Å². The number of benzene rings is 3. The topological polar surface area (TPSA) is 38.0 Å². The van der Waals surface area contributed by atoms with Gasteiger partial charge in [0.25, 0.3) is 0 Å². The first-order valence-electron chi connectivity index (χ1n) is 8.67. The normalized spacial score (nSPS) is 12.3. The fraction of sp³-hybridized carbons (Fsp3) is 0.130. The van der Waals surface area contributed by atoms with Crippen molar-refractivity contribution < 1.29 is 0 Å². The number of nitrogens with two attached hydrogens (primary N) is 1. The maximum absolute atomic E-state index is 5.76. The van der Waals surface area contributed by atoms with Crippen LogP contribution in [0.15, 0.2) is 91.0 Å². The highest BCUT2D eigenvalue weighted by Crippen LogP contribution is 2.17. The average molecular weight is 328 g/mol. The molecule has 0 aromatic heterocycles. The Morgan fingerprint density at radius 1 is 0.800 bits per heavy atom. The van der Waals surface area contributed by atoms with Crippen molar-refractivity contribution in [2.24, 2.45) is 0 Å². The van der Waals surface area contributed by atoms with Crippen molar-refractivity contribution in [3.63, 3.8) is 0 Å². The summed E-state index contributed by atoms with van der Waals surface area (Å²) in [6, 6.07) is 29.2. The van der Waals surface area contributed by atoms with E-state index in [4.69, 9.17) is 5.73 Å². The molecule has 0 saturated carbocycles. The van der Waals surface area contributed by atoms with Crippen LogP contribution in [0, 0.1) is 0 Å². The Morgan fingerprint density at radius 2 is 1.44 bits per heavy atom. The van der Waals surface area contributed by atoms with Crippen LogP contribution in [-0.2, 0) is 6.42 Å². The molecular formula is C23H24N2. The van der Waals surface area contributed by atoms with E-state index in [1.54, 1.807) is 0 Å². The summed E-state index contributed by atoms with van der Waals surface area (Å²) in [5.41, 5.74) is 10.3. The van der Waals surface area contributed by atoms with Crippen LogP contribution in [0.3, 0.4) is 0 Å². The molecule has 126 valence electrons. The summed E-state index contributed by atoms with van der Waals surface area (Å²) in [5.74, 6) is 0. The lowest BCUT2D eigenvalue weighted by molar-refractivity contribution is 0.622. The second-order valence-corrected chi connectivity index (χ2v) is 6.10. The lowest BCUT2D eigenvalue weighted by Gasteiger charge is -2.16. The molecule has 0 fully saturated rings. The molecule has 0 radical (unpaired) electrons. The Labute approximate surface area is 150 Å².